The van der Waals surface area contributed by atoms with Crippen LogP contribution >= 0.6 is 0 Å². The van der Waals surface area contributed by atoms with Crippen molar-refractivity contribution in [1.29, 1.82) is 0 Å². The van der Waals surface area contributed by atoms with Crippen molar-refractivity contribution in [3.8, 4) is 11.3 Å². The number of para-hydroxylation sites is 1. The number of piperazine rings is 1. The number of halogens is 7. The van der Waals surface area contributed by atoms with Gasteiger partial charge in [-0.3, -0.25) is 4.79 Å². The van der Waals surface area contributed by atoms with Gasteiger partial charge in [0.25, 0.3) is 0 Å². The van der Waals surface area contributed by atoms with Gasteiger partial charge in [0.05, 0.1) is 29.2 Å². The summed E-state index contributed by atoms with van der Waals surface area (Å²) in [6.45, 7) is 1.13. The van der Waals surface area contributed by atoms with Crippen molar-refractivity contribution in [1.82, 2.24) is 19.6 Å². The summed E-state index contributed by atoms with van der Waals surface area (Å²) in [6.07, 6.45) is -4.26. The van der Waals surface area contributed by atoms with Gasteiger partial charge < -0.3 is 15.1 Å². The van der Waals surface area contributed by atoms with Crippen molar-refractivity contribution >= 4 is 27.6 Å². The molecule has 0 aliphatic carbocycles. The molecule has 17 heteroatoms. The summed E-state index contributed by atoms with van der Waals surface area (Å²) < 4.78 is 123. The fourth-order valence-corrected chi connectivity index (χ4v) is 7.68. The SMILES string of the molecule is O=C(NCc1cc(-c2ccc(C(F)(F)F)cc2)nc(N2CCN(c3ccccc3F)CC2)n1)C1CCCN1S(=O)(=O)c1ccc(F)c(F)c1F. The highest BCUT2D eigenvalue weighted by Crippen LogP contribution is 2.32. The molecule has 1 N–H and O–H groups in total. The Balaban J connectivity index is 1.23. The van der Waals surface area contributed by atoms with E-state index in [-0.39, 0.29) is 49.1 Å². The molecule has 1 aromatic heterocycles. The van der Waals surface area contributed by atoms with Crippen molar-refractivity contribution in [2.45, 2.75) is 36.5 Å². The molecule has 4 aromatic rings. The number of hydrogen-bond acceptors (Lipinski definition) is 7. The molecular formula is C33H29F7N6O3S. The van der Waals surface area contributed by atoms with E-state index in [0.29, 0.717) is 49.6 Å². The minimum atomic E-state index is -4.74. The highest BCUT2D eigenvalue weighted by Gasteiger charge is 2.41. The third kappa shape index (κ3) is 7.10. The molecule has 2 saturated heterocycles. The first-order valence-corrected chi connectivity index (χ1v) is 16.9. The van der Waals surface area contributed by atoms with E-state index in [1.54, 1.807) is 18.2 Å². The maximum Gasteiger partial charge on any atom is 0.416 e. The zero-order valence-corrected chi connectivity index (χ0v) is 26.9. The average molecular weight is 723 g/mol. The van der Waals surface area contributed by atoms with Gasteiger partial charge in [0, 0.05) is 38.3 Å². The van der Waals surface area contributed by atoms with Gasteiger partial charge in [0.1, 0.15) is 16.8 Å². The quantitative estimate of drug-likeness (QED) is 0.189. The van der Waals surface area contributed by atoms with E-state index < -0.39 is 56.1 Å². The number of hydrogen-bond donors (Lipinski definition) is 1. The highest BCUT2D eigenvalue weighted by molar-refractivity contribution is 7.89. The van der Waals surface area contributed by atoms with Crippen LogP contribution in [0.25, 0.3) is 11.3 Å². The zero-order valence-electron chi connectivity index (χ0n) is 26.1. The largest absolute Gasteiger partial charge is 0.416 e. The number of carbonyl (C=O) groups is 1. The van der Waals surface area contributed by atoms with Crippen LogP contribution < -0.4 is 15.1 Å². The molecule has 3 aromatic carbocycles. The van der Waals surface area contributed by atoms with Crippen LogP contribution in [0, 0.1) is 23.3 Å². The summed E-state index contributed by atoms with van der Waals surface area (Å²) in [7, 11) is -4.74. The molecule has 0 bridgehead atoms. The van der Waals surface area contributed by atoms with Crippen molar-refractivity contribution < 1.29 is 43.9 Å². The number of anilines is 2. The number of rotatable bonds is 8. The Morgan fingerprint density at radius 3 is 2.18 bits per heavy atom. The van der Waals surface area contributed by atoms with Gasteiger partial charge >= 0.3 is 6.18 Å². The van der Waals surface area contributed by atoms with Crippen molar-refractivity contribution in [2.24, 2.45) is 0 Å². The first kappa shape index (κ1) is 35.1. The molecule has 1 atom stereocenters. The first-order chi connectivity index (χ1) is 23.7. The van der Waals surface area contributed by atoms with Crippen molar-refractivity contribution in [3.63, 3.8) is 0 Å². The van der Waals surface area contributed by atoms with E-state index in [9.17, 15) is 43.9 Å². The van der Waals surface area contributed by atoms with E-state index in [1.807, 2.05) is 9.80 Å². The lowest BCUT2D eigenvalue weighted by atomic mass is 10.1. The number of sulfonamides is 1. The van der Waals surface area contributed by atoms with E-state index in [2.05, 4.69) is 15.3 Å². The Kier molecular flexibility index (Phi) is 9.72. The third-order valence-corrected chi connectivity index (χ3v) is 10.5. The molecule has 2 fully saturated rings. The van der Waals surface area contributed by atoms with E-state index in [1.165, 1.54) is 24.3 Å². The molecule has 1 amide bonds. The second kappa shape index (κ2) is 13.9. The first-order valence-electron chi connectivity index (χ1n) is 15.5. The van der Waals surface area contributed by atoms with E-state index in [0.717, 1.165) is 16.4 Å². The smallest absolute Gasteiger partial charge is 0.366 e. The summed E-state index contributed by atoms with van der Waals surface area (Å²) in [4.78, 5) is 25.1. The molecule has 0 saturated carbocycles. The standard InChI is InChI=1S/C33H29F7N6O3S/c34-23-4-1-2-5-26(23)44-14-16-45(17-15-44)32-42-22(18-25(43-32)20-7-9-21(10-8-20)33(38,39)40)19-41-31(47)27-6-3-13-46(27)50(48,49)28-12-11-24(35)29(36)30(28)37/h1-2,4-5,7-12,18,27H,3,6,13-17,19H2,(H,41,47). The monoisotopic (exact) mass is 722 g/mol. The predicted octanol–water partition coefficient (Wildman–Crippen LogP) is 5.51. The Morgan fingerprint density at radius 2 is 1.50 bits per heavy atom. The molecule has 0 radical (unpaired) electrons. The summed E-state index contributed by atoms with van der Waals surface area (Å²) >= 11 is 0. The maximum atomic E-state index is 14.5. The topological polar surface area (TPSA) is 98.7 Å². The molecule has 50 heavy (non-hydrogen) atoms. The Morgan fingerprint density at radius 1 is 0.820 bits per heavy atom. The van der Waals surface area contributed by atoms with Gasteiger partial charge in [-0.15, -0.1) is 0 Å². The maximum absolute atomic E-state index is 14.5. The van der Waals surface area contributed by atoms with Crippen molar-refractivity contribution in [3.05, 3.63) is 101 Å². The van der Waals surface area contributed by atoms with E-state index in [4.69, 9.17) is 0 Å². The molecule has 264 valence electrons. The van der Waals surface area contributed by atoms with Crippen LogP contribution in [-0.4, -0.2) is 67.4 Å². The van der Waals surface area contributed by atoms with Crippen LogP contribution in [0.4, 0.5) is 42.4 Å². The second-order valence-corrected chi connectivity index (χ2v) is 13.6. The molecule has 2 aliphatic rings. The summed E-state index contributed by atoms with van der Waals surface area (Å²) in [5, 5.41) is 2.62. The van der Waals surface area contributed by atoms with Crippen LogP contribution in [0.5, 0.6) is 0 Å². The van der Waals surface area contributed by atoms with Crippen LogP contribution in [0.2, 0.25) is 0 Å². The summed E-state index contributed by atoms with van der Waals surface area (Å²) in [5.74, 6) is -6.34. The third-order valence-electron chi connectivity index (χ3n) is 8.57. The molecule has 2 aliphatic heterocycles. The Bertz CT molecular complexity index is 2010. The molecule has 9 nitrogen and oxygen atoms in total. The summed E-state index contributed by atoms with van der Waals surface area (Å²) in [6, 6.07) is 11.9. The number of benzene rings is 3. The zero-order chi connectivity index (χ0) is 35.8. The van der Waals surface area contributed by atoms with Crippen molar-refractivity contribution in [2.75, 3.05) is 42.5 Å². The van der Waals surface area contributed by atoms with Gasteiger partial charge in [-0.25, -0.2) is 35.9 Å². The van der Waals surface area contributed by atoms with Gasteiger partial charge in [0.2, 0.25) is 21.9 Å². The Hall–Kier alpha value is -4.77. The Labute approximate surface area is 282 Å². The number of amides is 1. The van der Waals surface area contributed by atoms with Gasteiger partial charge in [-0.05, 0) is 55.3 Å². The lowest BCUT2D eigenvalue weighted by Gasteiger charge is -2.36. The molecule has 0 spiro atoms. The average Bonchev–Trinajstić information content (AvgIpc) is 3.61. The van der Waals surface area contributed by atoms with Gasteiger partial charge in [-0.2, -0.15) is 17.5 Å². The molecule has 3 heterocycles. The minimum absolute atomic E-state index is 0.0640. The summed E-state index contributed by atoms with van der Waals surface area (Å²) in [5.41, 5.74) is 0.412. The van der Waals surface area contributed by atoms with Crippen LogP contribution in [0.3, 0.4) is 0 Å². The fraction of sp³-hybridized carbons (Fsp3) is 0.303. The van der Waals surface area contributed by atoms with Gasteiger partial charge in [0.15, 0.2) is 17.5 Å². The molecule has 6 rings (SSSR count). The number of carbonyl (C=O) groups excluding carboxylic acids is 1. The minimum Gasteiger partial charge on any atom is -0.366 e. The molecular weight excluding hydrogens is 693 g/mol. The van der Waals surface area contributed by atoms with Crippen LogP contribution in [0.1, 0.15) is 24.1 Å². The number of aromatic nitrogens is 2. The number of alkyl halides is 3. The predicted molar refractivity (Wildman–Crippen MR) is 168 cm³/mol. The van der Waals surface area contributed by atoms with Crippen LogP contribution in [-0.2, 0) is 27.5 Å². The number of nitrogens with one attached hydrogen (secondary N) is 1. The lowest BCUT2D eigenvalue weighted by molar-refractivity contribution is -0.137. The highest BCUT2D eigenvalue weighted by atomic mass is 32.2. The molecule has 1 unspecified atom stereocenters. The number of nitrogens with zero attached hydrogens (tertiary/aromatic N) is 5. The normalized spacial score (nSPS) is 17.3. The van der Waals surface area contributed by atoms with Crippen LogP contribution in [0.15, 0.2) is 71.6 Å². The fourth-order valence-electron chi connectivity index (χ4n) is 5.97. The van der Waals surface area contributed by atoms with Gasteiger partial charge in [-0.1, -0.05) is 24.3 Å². The lowest BCUT2D eigenvalue weighted by Crippen LogP contribution is -2.47. The second-order valence-electron chi connectivity index (χ2n) is 11.7. The van der Waals surface area contributed by atoms with E-state index >= 15 is 0 Å².